The zero-order valence-corrected chi connectivity index (χ0v) is 11.0. The summed E-state index contributed by atoms with van der Waals surface area (Å²) < 4.78 is 0. The van der Waals surface area contributed by atoms with E-state index in [1.54, 1.807) is 0 Å². The summed E-state index contributed by atoms with van der Waals surface area (Å²) in [6, 6.07) is 10.3. The molecule has 0 saturated heterocycles. The molecule has 0 bridgehead atoms. The van der Waals surface area contributed by atoms with E-state index in [0.717, 1.165) is 0 Å². The van der Waals surface area contributed by atoms with E-state index >= 15 is 0 Å². The Morgan fingerprint density at radius 3 is 1.80 bits per heavy atom. The average Bonchev–Trinajstić information content (AvgIpc) is 2.85. The van der Waals surface area contributed by atoms with Gasteiger partial charge in [0.2, 0.25) is 0 Å². The molecule has 0 aliphatic heterocycles. The van der Waals surface area contributed by atoms with Gasteiger partial charge < -0.3 is 4.98 Å². The van der Waals surface area contributed by atoms with Crippen LogP contribution in [0, 0.1) is 0 Å². The Morgan fingerprint density at radius 1 is 0.733 bits per heavy atom. The second kappa shape index (κ2) is 12.8. The van der Waals surface area contributed by atoms with Crippen LogP contribution in [0.3, 0.4) is 0 Å². The summed E-state index contributed by atoms with van der Waals surface area (Å²) in [7, 11) is 0. The number of H-pyrrole nitrogens is 1. The summed E-state index contributed by atoms with van der Waals surface area (Å²) in [5, 5.41) is 1.28. The molecule has 0 fully saturated rings. The molecule has 86 valence electrons. The van der Waals surface area contributed by atoms with Crippen LogP contribution in [0.5, 0.6) is 0 Å². The molecule has 0 amide bonds. The van der Waals surface area contributed by atoms with Gasteiger partial charge in [-0.05, 0) is 17.5 Å². The fourth-order valence-electron chi connectivity index (χ4n) is 0.995. The van der Waals surface area contributed by atoms with Gasteiger partial charge in [0.05, 0.1) is 0 Å². The summed E-state index contributed by atoms with van der Waals surface area (Å²) >= 11 is 0. The highest BCUT2D eigenvalue weighted by Gasteiger charge is 1.86. The predicted octanol–water partition coefficient (Wildman–Crippen LogP) is 5.25. The molecule has 2 rings (SSSR count). The molecule has 15 heavy (non-hydrogen) atoms. The van der Waals surface area contributed by atoms with E-state index < -0.39 is 0 Å². The summed E-state index contributed by atoms with van der Waals surface area (Å²) in [5.41, 5.74) is 1.21. The molecule has 0 saturated carbocycles. The third-order valence-electron chi connectivity index (χ3n) is 1.46. The van der Waals surface area contributed by atoms with Crippen molar-refractivity contribution in [2.45, 2.75) is 41.5 Å². The van der Waals surface area contributed by atoms with Gasteiger partial charge in [-0.2, -0.15) is 0 Å². The van der Waals surface area contributed by atoms with E-state index in [1.165, 1.54) is 10.9 Å². The van der Waals surface area contributed by atoms with Gasteiger partial charge in [-0.25, -0.2) is 0 Å². The van der Waals surface area contributed by atoms with Crippen LogP contribution in [0.15, 0.2) is 36.5 Å². The molecule has 0 radical (unpaired) electrons. The van der Waals surface area contributed by atoms with Crippen molar-refractivity contribution in [2.24, 2.45) is 0 Å². The number of rotatable bonds is 0. The monoisotopic (exact) mass is 207 g/mol. The van der Waals surface area contributed by atoms with Gasteiger partial charge in [-0.1, -0.05) is 59.7 Å². The molecule has 0 spiro atoms. The van der Waals surface area contributed by atoms with E-state index in [1.807, 2.05) is 59.9 Å². The maximum atomic E-state index is 3.12. The summed E-state index contributed by atoms with van der Waals surface area (Å²) in [6.45, 7) is 12.0. The molecular formula is C14H25N. The lowest BCUT2D eigenvalue weighted by Crippen LogP contribution is -1.61. The first-order chi connectivity index (χ1) is 7.47. The van der Waals surface area contributed by atoms with Crippen molar-refractivity contribution >= 4 is 10.9 Å². The van der Waals surface area contributed by atoms with Crippen LogP contribution >= 0.6 is 0 Å². The number of aromatic amines is 1. The van der Waals surface area contributed by atoms with Crippen LogP contribution in [0.2, 0.25) is 0 Å². The number of aromatic nitrogens is 1. The zero-order chi connectivity index (χ0) is 12.1. The number of para-hydroxylation sites is 1. The van der Waals surface area contributed by atoms with Crippen molar-refractivity contribution < 1.29 is 0 Å². The fourth-order valence-corrected chi connectivity index (χ4v) is 0.995. The number of hydrogen-bond donors (Lipinski definition) is 1. The van der Waals surface area contributed by atoms with Crippen molar-refractivity contribution in [3.05, 3.63) is 36.5 Å². The third kappa shape index (κ3) is 5.95. The normalized spacial score (nSPS) is 7.33. The van der Waals surface area contributed by atoms with E-state index in [2.05, 4.69) is 23.2 Å². The maximum absolute atomic E-state index is 3.12. The Hall–Kier alpha value is -1.24. The largest absolute Gasteiger partial charge is 0.361 e. The van der Waals surface area contributed by atoms with Gasteiger partial charge in [-0.15, -0.1) is 0 Å². The van der Waals surface area contributed by atoms with E-state index in [0.29, 0.717) is 0 Å². The maximum Gasteiger partial charge on any atom is 0.0453 e. The molecule has 0 aliphatic carbocycles. The molecule has 1 heterocycles. The molecule has 0 aliphatic rings. The van der Waals surface area contributed by atoms with Crippen molar-refractivity contribution in [3.63, 3.8) is 0 Å². The Balaban J connectivity index is 0. The number of benzene rings is 1. The first kappa shape index (κ1) is 16.2. The quantitative estimate of drug-likeness (QED) is 0.607. The zero-order valence-electron chi connectivity index (χ0n) is 11.0. The van der Waals surface area contributed by atoms with Crippen LogP contribution in [-0.2, 0) is 0 Å². The van der Waals surface area contributed by atoms with Gasteiger partial charge in [0.15, 0.2) is 0 Å². The lowest BCUT2D eigenvalue weighted by atomic mass is 10.3. The summed E-state index contributed by atoms with van der Waals surface area (Å²) in [5.74, 6) is 0. The third-order valence-corrected chi connectivity index (χ3v) is 1.46. The minimum atomic E-state index is 1.21. The molecular weight excluding hydrogens is 182 g/mol. The molecule has 2 aromatic rings. The molecule has 1 aromatic heterocycles. The number of nitrogens with one attached hydrogen (secondary N) is 1. The Morgan fingerprint density at radius 2 is 1.27 bits per heavy atom. The van der Waals surface area contributed by atoms with Crippen LogP contribution in [0.25, 0.3) is 10.9 Å². The minimum Gasteiger partial charge on any atom is -0.361 e. The highest BCUT2D eigenvalue weighted by atomic mass is 14.6. The fraction of sp³-hybridized carbons (Fsp3) is 0.429. The van der Waals surface area contributed by atoms with Gasteiger partial charge in [-0.3, -0.25) is 0 Å². The lowest BCUT2D eigenvalue weighted by molar-refractivity contribution is 1.48. The average molecular weight is 207 g/mol. The van der Waals surface area contributed by atoms with Crippen molar-refractivity contribution in [3.8, 4) is 0 Å². The van der Waals surface area contributed by atoms with E-state index in [9.17, 15) is 0 Å². The van der Waals surface area contributed by atoms with Gasteiger partial charge in [0, 0.05) is 11.7 Å². The van der Waals surface area contributed by atoms with Gasteiger partial charge >= 0.3 is 0 Å². The molecule has 1 heteroatoms. The van der Waals surface area contributed by atoms with Crippen molar-refractivity contribution in [1.29, 1.82) is 0 Å². The van der Waals surface area contributed by atoms with E-state index in [-0.39, 0.29) is 0 Å². The Bertz CT molecular complexity index is 279. The second-order valence-electron chi connectivity index (χ2n) is 2.06. The van der Waals surface area contributed by atoms with Gasteiger partial charge in [0.25, 0.3) is 0 Å². The molecule has 0 unspecified atom stereocenters. The molecule has 1 aromatic carbocycles. The smallest absolute Gasteiger partial charge is 0.0453 e. The number of fused-ring (bicyclic) bond motifs is 1. The molecule has 0 atom stereocenters. The van der Waals surface area contributed by atoms with E-state index in [4.69, 9.17) is 0 Å². The second-order valence-corrected chi connectivity index (χ2v) is 2.06. The minimum absolute atomic E-state index is 1.21. The SMILES string of the molecule is CC.CC.CC.c1ccc2[nH]ccc2c1. The van der Waals surface area contributed by atoms with Crippen LogP contribution in [0.4, 0.5) is 0 Å². The standard InChI is InChI=1S/C8H7N.3C2H6/c1-2-4-8-7(3-1)5-6-9-8;3*1-2/h1-6,9H;3*1-2H3. The Labute approximate surface area is 94.5 Å². The summed E-state index contributed by atoms with van der Waals surface area (Å²) in [4.78, 5) is 3.12. The van der Waals surface area contributed by atoms with Crippen LogP contribution in [0.1, 0.15) is 41.5 Å². The molecule has 1 N–H and O–H groups in total. The van der Waals surface area contributed by atoms with Gasteiger partial charge in [0.1, 0.15) is 0 Å². The van der Waals surface area contributed by atoms with Crippen molar-refractivity contribution in [2.75, 3.05) is 0 Å². The first-order valence-electron chi connectivity index (χ1n) is 5.99. The predicted molar refractivity (Wildman–Crippen MR) is 72.3 cm³/mol. The highest BCUT2D eigenvalue weighted by Crippen LogP contribution is 2.09. The topological polar surface area (TPSA) is 15.8 Å². The molecule has 1 nitrogen and oxygen atoms in total. The number of hydrogen-bond acceptors (Lipinski definition) is 0. The van der Waals surface area contributed by atoms with Crippen molar-refractivity contribution in [1.82, 2.24) is 4.98 Å². The first-order valence-corrected chi connectivity index (χ1v) is 5.99. The Kier molecular flexibility index (Phi) is 13.8. The lowest BCUT2D eigenvalue weighted by Gasteiger charge is -1.83. The van der Waals surface area contributed by atoms with Crippen LogP contribution in [-0.4, -0.2) is 4.98 Å². The highest BCUT2D eigenvalue weighted by molar-refractivity contribution is 5.78. The van der Waals surface area contributed by atoms with Crippen LogP contribution < -0.4 is 0 Å². The summed E-state index contributed by atoms with van der Waals surface area (Å²) in [6.07, 6.45) is 1.95.